The van der Waals surface area contributed by atoms with E-state index in [-0.39, 0.29) is 5.91 Å². The van der Waals surface area contributed by atoms with Crippen LogP contribution in [0.2, 0.25) is 0 Å². The van der Waals surface area contributed by atoms with E-state index in [2.05, 4.69) is 42.0 Å². The first-order valence-corrected chi connectivity index (χ1v) is 13.6. The lowest BCUT2D eigenvalue weighted by atomic mass is 9.98. The Morgan fingerprint density at radius 2 is 1.89 bits per heavy atom. The van der Waals surface area contributed by atoms with Crippen LogP contribution < -0.4 is 25.6 Å². The van der Waals surface area contributed by atoms with E-state index in [1.165, 1.54) is 0 Å². The van der Waals surface area contributed by atoms with Crippen LogP contribution in [0.3, 0.4) is 0 Å². The van der Waals surface area contributed by atoms with E-state index in [0.29, 0.717) is 36.9 Å². The number of nitrogens with one attached hydrogen (secondary N) is 3. The maximum absolute atomic E-state index is 13.0. The van der Waals surface area contributed by atoms with Gasteiger partial charge in [0.05, 0.1) is 6.61 Å². The summed E-state index contributed by atoms with van der Waals surface area (Å²) in [4.78, 5) is 24.5. The van der Waals surface area contributed by atoms with Gasteiger partial charge in [-0.1, -0.05) is 0 Å². The quantitative estimate of drug-likeness (QED) is 0.394. The number of hydrogen-bond donors (Lipinski definition) is 3. The van der Waals surface area contributed by atoms with Crippen molar-refractivity contribution in [3.8, 4) is 17.0 Å². The van der Waals surface area contributed by atoms with E-state index in [4.69, 9.17) is 4.74 Å². The summed E-state index contributed by atoms with van der Waals surface area (Å²) in [6, 6.07) is 7.87. The molecular weight excluding hydrogens is 480 g/mol. The van der Waals surface area contributed by atoms with Gasteiger partial charge in [-0.25, -0.2) is 4.98 Å². The summed E-state index contributed by atoms with van der Waals surface area (Å²) in [5.41, 5.74) is 4.14. The molecular formula is C28H38N8O2. The largest absolute Gasteiger partial charge is 0.491 e. The van der Waals surface area contributed by atoms with E-state index in [9.17, 15) is 4.79 Å². The minimum atomic E-state index is -0.110. The van der Waals surface area contributed by atoms with Crippen LogP contribution in [0.4, 0.5) is 5.82 Å². The number of aromatic nitrogens is 4. The molecule has 10 heteroatoms. The van der Waals surface area contributed by atoms with Crippen LogP contribution in [0, 0.1) is 12.8 Å². The van der Waals surface area contributed by atoms with E-state index in [0.717, 1.165) is 80.4 Å². The van der Waals surface area contributed by atoms with E-state index >= 15 is 0 Å². The zero-order valence-electron chi connectivity index (χ0n) is 22.4. The molecule has 0 unspecified atom stereocenters. The molecule has 1 amide bonds. The van der Waals surface area contributed by atoms with Crippen molar-refractivity contribution in [3.63, 3.8) is 0 Å². The Balaban J connectivity index is 1.25. The molecule has 0 atom stereocenters. The van der Waals surface area contributed by atoms with Crippen molar-refractivity contribution in [2.75, 3.05) is 57.3 Å². The van der Waals surface area contributed by atoms with Gasteiger partial charge in [0, 0.05) is 75.4 Å². The van der Waals surface area contributed by atoms with Crippen molar-refractivity contribution in [3.05, 3.63) is 53.6 Å². The summed E-state index contributed by atoms with van der Waals surface area (Å²) in [5, 5.41) is 14.4. The van der Waals surface area contributed by atoms with Gasteiger partial charge in [0.25, 0.3) is 5.91 Å². The number of carbonyl (C=O) groups is 1. The third-order valence-corrected chi connectivity index (χ3v) is 7.52. The third-order valence-electron chi connectivity index (χ3n) is 7.52. The van der Waals surface area contributed by atoms with E-state index in [1.807, 2.05) is 38.4 Å². The number of amides is 1. The fraction of sp³-hybridized carbons (Fsp3) is 0.500. The maximum atomic E-state index is 13.0. The van der Waals surface area contributed by atoms with Gasteiger partial charge in [0.15, 0.2) is 5.69 Å². The second-order valence-electron chi connectivity index (χ2n) is 10.0. The van der Waals surface area contributed by atoms with Crippen molar-refractivity contribution in [2.45, 2.75) is 26.2 Å². The monoisotopic (exact) mass is 518 g/mol. The Morgan fingerprint density at radius 1 is 1.11 bits per heavy atom. The molecule has 5 heterocycles. The molecule has 2 saturated heterocycles. The summed E-state index contributed by atoms with van der Waals surface area (Å²) in [6.45, 7) is 8.89. The number of anilines is 1. The van der Waals surface area contributed by atoms with Gasteiger partial charge < -0.3 is 25.6 Å². The molecule has 0 bridgehead atoms. The first-order chi connectivity index (χ1) is 18.6. The number of carbonyl (C=O) groups excluding carboxylic acids is 1. The number of piperazine rings is 1. The molecule has 38 heavy (non-hydrogen) atoms. The SMILES string of the molecule is Cc1c(CCOc2cccnc2-c2ccnc(N3CCNCC3)c2)c(C(=O)NCC2CCNCC2)nn1C. The summed E-state index contributed by atoms with van der Waals surface area (Å²) < 4.78 is 8.03. The molecule has 5 rings (SSSR count). The average Bonchev–Trinajstić information content (AvgIpc) is 3.26. The molecule has 202 valence electrons. The second-order valence-corrected chi connectivity index (χ2v) is 10.0. The lowest BCUT2D eigenvalue weighted by Crippen LogP contribution is -2.43. The van der Waals surface area contributed by atoms with E-state index in [1.54, 1.807) is 10.9 Å². The Kier molecular flexibility index (Phi) is 8.50. The van der Waals surface area contributed by atoms with Gasteiger partial charge in [-0.05, 0) is 63.0 Å². The first kappa shape index (κ1) is 26.1. The Hall–Kier alpha value is -3.50. The molecule has 0 aliphatic carbocycles. The van der Waals surface area contributed by atoms with Crippen LogP contribution in [0.25, 0.3) is 11.3 Å². The molecule has 10 nitrogen and oxygen atoms in total. The normalized spacial score (nSPS) is 16.4. The summed E-state index contributed by atoms with van der Waals surface area (Å²) >= 11 is 0. The number of aryl methyl sites for hydroxylation is 1. The highest BCUT2D eigenvalue weighted by atomic mass is 16.5. The van der Waals surface area contributed by atoms with Crippen LogP contribution in [-0.2, 0) is 13.5 Å². The predicted molar refractivity (Wildman–Crippen MR) is 148 cm³/mol. The summed E-state index contributed by atoms with van der Waals surface area (Å²) in [7, 11) is 1.88. The van der Waals surface area contributed by atoms with Gasteiger partial charge in [0.2, 0.25) is 0 Å². The first-order valence-electron chi connectivity index (χ1n) is 13.6. The lowest BCUT2D eigenvalue weighted by molar-refractivity contribution is 0.0937. The molecule has 0 aromatic carbocycles. The molecule has 2 aliphatic heterocycles. The zero-order valence-corrected chi connectivity index (χ0v) is 22.4. The van der Waals surface area contributed by atoms with Crippen LogP contribution in [-0.4, -0.2) is 78.1 Å². The predicted octanol–water partition coefficient (Wildman–Crippen LogP) is 1.95. The summed E-state index contributed by atoms with van der Waals surface area (Å²) in [5.74, 6) is 2.07. The maximum Gasteiger partial charge on any atom is 0.272 e. The molecule has 0 saturated carbocycles. The molecule has 0 spiro atoms. The smallest absolute Gasteiger partial charge is 0.272 e. The highest BCUT2D eigenvalue weighted by molar-refractivity contribution is 5.94. The minimum absolute atomic E-state index is 0.110. The van der Waals surface area contributed by atoms with Crippen LogP contribution in [0.1, 0.15) is 34.6 Å². The third kappa shape index (κ3) is 6.14. The van der Waals surface area contributed by atoms with Gasteiger partial charge in [-0.3, -0.25) is 14.5 Å². The lowest BCUT2D eigenvalue weighted by Gasteiger charge is -2.28. The number of pyridine rings is 2. The van der Waals surface area contributed by atoms with Gasteiger partial charge >= 0.3 is 0 Å². The van der Waals surface area contributed by atoms with Crippen LogP contribution >= 0.6 is 0 Å². The van der Waals surface area contributed by atoms with Crippen LogP contribution in [0.15, 0.2) is 36.7 Å². The van der Waals surface area contributed by atoms with Crippen molar-refractivity contribution in [2.24, 2.45) is 13.0 Å². The van der Waals surface area contributed by atoms with Gasteiger partial charge in [-0.2, -0.15) is 5.10 Å². The zero-order chi connectivity index (χ0) is 26.3. The van der Waals surface area contributed by atoms with Crippen molar-refractivity contribution >= 4 is 11.7 Å². The fourth-order valence-electron chi connectivity index (χ4n) is 5.16. The Bertz CT molecular complexity index is 1230. The number of nitrogens with zero attached hydrogens (tertiary/aromatic N) is 5. The topological polar surface area (TPSA) is 109 Å². The Morgan fingerprint density at radius 3 is 2.71 bits per heavy atom. The van der Waals surface area contributed by atoms with Crippen molar-refractivity contribution in [1.82, 2.24) is 35.7 Å². The number of piperidine rings is 1. The fourth-order valence-corrected chi connectivity index (χ4v) is 5.16. The Labute approximate surface area is 224 Å². The van der Waals surface area contributed by atoms with Gasteiger partial charge in [0.1, 0.15) is 17.3 Å². The molecule has 2 fully saturated rings. The molecule has 3 N–H and O–H groups in total. The number of hydrogen-bond acceptors (Lipinski definition) is 8. The second kappa shape index (κ2) is 12.4. The average molecular weight is 519 g/mol. The minimum Gasteiger partial charge on any atom is -0.491 e. The van der Waals surface area contributed by atoms with Gasteiger partial charge in [-0.15, -0.1) is 0 Å². The van der Waals surface area contributed by atoms with E-state index < -0.39 is 0 Å². The van der Waals surface area contributed by atoms with Crippen LogP contribution in [0.5, 0.6) is 5.75 Å². The number of ether oxygens (including phenoxy) is 1. The summed E-state index contributed by atoms with van der Waals surface area (Å²) in [6.07, 6.45) is 6.36. The van der Waals surface area contributed by atoms with Crippen molar-refractivity contribution < 1.29 is 9.53 Å². The number of rotatable bonds is 9. The molecule has 3 aromatic heterocycles. The highest BCUT2D eigenvalue weighted by Gasteiger charge is 2.22. The molecule has 0 radical (unpaired) electrons. The highest BCUT2D eigenvalue weighted by Crippen LogP contribution is 2.29. The molecule has 3 aromatic rings. The standard InChI is InChI=1S/C28H38N8O2/c1-20-23(27(34-35(20)2)28(37)33-19-21-5-10-29-11-6-21)8-17-38-24-4-3-9-32-26(24)22-7-12-31-25(18-22)36-15-13-30-14-16-36/h3-4,7,9,12,18,21,29-30H,5-6,8,10-11,13-17,19H2,1-2H3,(H,33,37). The van der Waals surface area contributed by atoms with Crippen molar-refractivity contribution in [1.29, 1.82) is 0 Å². The molecule has 2 aliphatic rings.